The van der Waals surface area contributed by atoms with Crippen molar-refractivity contribution in [1.82, 2.24) is 0 Å². The Bertz CT molecular complexity index is 310. The number of ether oxygens (including phenoxy) is 1. The van der Waals surface area contributed by atoms with E-state index >= 15 is 0 Å². The van der Waals surface area contributed by atoms with Crippen LogP contribution in [0.4, 0.5) is 0 Å². The lowest BCUT2D eigenvalue weighted by atomic mass is 10.0. The molecule has 6 heteroatoms. The van der Waals surface area contributed by atoms with Gasteiger partial charge in [-0.25, -0.2) is 4.79 Å². The third-order valence-electron chi connectivity index (χ3n) is 1.84. The summed E-state index contributed by atoms with van der Waals surface area (Å²) in [6.45, 7) is 3.13. The molecule has 2 N–H and O–H groups in total. The molecule has 0 spiro atoms. The van der Waals surface area contributed by atoms with Crippen LogP contribution in [0.15, 0.2) is 11.1 Å². The molecule has 16 heavy (non-hydrogen) atoms. The molecule has 0 amide bonds. The molecule has 0 fully saturated rings. The second-order valence-electron chi connectivity index (χ2n) is 3.09. The van der Waals surface area contributed by atoms with Crippen LogP contribution in [0.5, 0.6) is 0 Å². The van der Waals surface area contributed by atoms with E-state index in [1.165, 1.54) is 6.92 Å². The second-order valence-corrected chi connectivity index (χ2v) is 3.09. The Hall–Kier alpha value is -1.85. The van der Waals surface area contributed by atoms with E-state index in [-0.39, 0.29) is 17.8 Å². The standard InChI is InChI=1S/C10H14O6/c1-3-16-10(15)6(2)7(4-8(11)12)5-9(13)14/h3-5H2,1-2H3,(H,11,12)(H,13,14). The van der Waals surface area contributed by atoms with Gasteiger partial charge in [0.1, 0.15) is 0 Å². The predicted molar refractivity (Wildman–Crippen MR) is 53.8 cm³/mol. The first-order chi connectivity index (χ1) is 7.38. The average Bonchev–Trinajstić information content (AvgIpc) is 2.14. The smallest absolute Gasteiger partial charge is 0.333 e. The summed E-state index contributed by atoms with van der Waals surface area (Å²) in [6, 6.07) is 0. The maximum atomic E-state index is 11.3. The monoisotopic (exact) mass is 230 g/mol. The van der Waals surface area contributed by atoms with Crippen molar-refractivity contribution in [2.24, 2.45) is 0 Å². The lowest BCUT2D eigenvalue weighted by Gasteiger charge is -2.07. The molecule has 0 aromatic rings. The number of hydrogen-bond acceptors (Lipinski definition) is 4. The number of esters is 1. The molecule has 0 aliphatic carbocycles. The van der Waals surface area contributed by atoms with Gasteiger partial charge in [-0.15, -0.1) is 0 Å². The number of hydrogen-bond donors (Lipinski definition) is 2. The largest absolute Gasteiger partial charge is 0.481 e. The Morgan fingerprint density at radius 3 is 1.81 bits per heavy atom. The average molecular weight is 230 g/mol. The van der Waals surface area contributed by atoms with Gasteiger partial charge in [0.05, 0.1) is 19.4 Å². The molecule has 0 saturated carbocycles. The van der Waals surface area contributed by atoms with Crippen LogP contribution in [0.3, 0.4) is 0 Å². The molecule has 0 aromatic carbocycles. The van der Waals surface area contributed by atoms with Crippen LogP contribution < -0.4 is 0 Å². The van der Waals surface area contributed by atoms with E-state index in [2.05, 4.69) is 4.74 Å². The zero-order valence-corrected chi connectivity index (χ0v) is 9.15. The SMILES string of the molecule is CCOC(=O)C(C)=C(CC(=O)O)CC(=O)O. The van der Waals surface area contributed by atoms with Gasteiger partial charge in [-0.2, -0.15) is 0 Å². The fourth-order valence-electron chi connectivity index (χ4n) is 1.08. The molecule has 0 saturated heterocycles. The third-order valence-corrected chi connectivity index (χ3v) is 1.84. The maximum absolute atomic E-state index is 11.3. The Morgan fingerprint density at radius 2 is 1.50 bits per heavy atom. The number of carboxylic acids is 2. The highest BCUT2D eigenvalue weighted by Gasteiger charge is 2.16. The minimum Gasteiger partial charge on any atom is -0.481 e. The van der Waals surface area contributed by atoms with E-state index in [1.807, 2.05) is 0 Å². The quantitative estimate of drug-likeness (QED) is 0.517. The van der Waals surface area contributed by atoms with Crippen molar-refractivity contribution in [3.63, 3.8) is 0 Å². The number of aliphatic carboxylic acids is 2. The summed E-state index contributed by atoms with van der Waals surface area (Å²) in [5.74, 6) is -3.04. The van der Waals surface area contributed by atoms with Crippen LogP contribution in [0.1, 0.15) is 26.7 Å². The summed E-state index contributed by atoms with van der Waals surface area (Å²) >= 11 is 0. The van der Waals surface area contributed by atoms with Crippen LogP contribution in [0, 0.1) is 0 Å². The normalized spacial score (nSPS) is 9.38. The molecule has 0 bridgehead atoms. The number of rotatable bonds is 6. The minimum atomic E-state index is -1.18. The van der Waals surface area contributed by atoms with Crippen molar-refractivity contribution in [2.75, 3.05) is 6.61 Å². The van der Waals surface area contributed by atoms with Gasteiger partial charge in [-0.05, 0) is 19.4 Å². The fourth-order valence-corrected chi connectivity index (χ4v) is 1.08. The lowest BCUT2D eigenvalue weighted by Crippen LogP contribution is -2.12. The van der Waals surface area contributed by atoms with Gasteiger partial charge in [0.2, 0.25) is 0 Å². The maximum Gasteiger partial charge on any atom is 0.333 e. The van der Waals surface area contributed by atoms with Gasteiger partial charge < -0.3 is 14.9 Å². The molecule has 0 heterocycles. The summed E-state index contributed by atoms with van der Waals surface area (Å²) in [7, 11) is 0. The van der Waals surface area contributed by atoms with E-state index in [0.717, 1.165) is 0 Å². The van der Waals surface area contributed by atoms with Crippen LogP contribution in [0.25, 0.3) is 0 Å². The van der Waals surface area contributed by atoms with E-state index in [0.29, 0.717) is 0 Å². The number of carbonyl (C=O) groups is 3. The summed E-state index contributed by atoms with van der Waals surface area (Å²) in [6.07, 6.45) is -0.951. The summed E-state index contributed by atoms with van der Waals surface area (Å²) < 4.78 is 4.67. The Balaban J connectivity index is 4.94. The Labute approximate surface area is 92.5 Å². The first-order valence-corrected chi connectivity index (χ1v) is 4.67. The highest BCUT2D eigenvalue weighted by atomic mass is 16.5. The van der Waals surface area contributed by atoms with Gasteiger partial charge in [0.15, 0.2) is 0 Å². The highest BCUT2D eigenvalue weighted by molar-refractivity contribution is 5.91. The number of carbonyl (C=O) groups excluding carboxylic acids is 1. The minimum absolute atomic E-state index is 0.0478. The van der Waals surface area contributed by atoms with E-state index in [1.54, 1.807) is 6.92 Å². The van der Waals surface area contributed by atoms with Gasteiger partial charge in [0, 0.05) is 5.57 Å². The van der Waals surface area contributed by atoms with Crippen LogP contribution in [-0.2, 0) is 19.1 Å². The van der Waals surface area contributed by atoms with Gasteiger partial charge in [-0.1, -0.05) is 0 Å². The second kappa shape index (κ2) is 6.60. The Morgan fingerprint density at radius 1 is 1.06 bits per heavy atom. The zero-order chi connectivity index (χ0) is 12.7. The van der Waals surface area contributed by atoms with Gasteiger partial charge >= 0.3 is 17.9 Å². The molecular formula is C10H14O6. The molecule has 90 valence electrons. The van der Waals surface area contributed by atoms with Crippen molar-refractivity contribution < 1.29 is 29.3 Å². The van der Waals surface area contributed by atoms with Crippen LogP contribution in [0.2, 0.25) is 0 Å². The van der Waals surface area contributed by atoms with Crippen LogP contribution in [-0.4, -0.2) is 34.7 Å². The van der Waals surface area contributed by atoms with E-state index < -0.39 is 30.7 Å². The molecule has 0 aliphatic heterocycles. The summed E-state index contributed by atoms with van der Waals surface area (Å²) in [5, 5.41) is 17.2. The molecule has 0 aromatic heterocycles. The molecule has 0 aliphatic rings. The highest BCUT2D eigenvalue weighted by Crippen LogP contribution is 2.14. The molecule has 0 atom stereocenters. The van der Waals surface area contributed by atoms with Crippen LogP contribution >= 0.6 is 0 Å². The van der Waals surface area contributed by atoms with Gasteiger partial charge in [0.25, 0.3) is 0 Å². The van der Waals surface area contributed by atoms with Crippen molar-refractivity contribution in [2.45, 2.75) is 26.7 Å². The molecular weight excluding hydrogens is 216 g/mol. The van der Waals surface area contributed by atoms with E-state index in [9.17, 15) is 14.4 Å². The summed E-state index contributed by atoms with van der Waals surface area (Å²) in [4.78, 5) is 32.3. The molecule has 6 nitrogen and oxygen atoms in total. The predicted octanol–water partition coefficient (Wildman–Crippen LogP) is 0.815. The topological polar surface area (TPSA) is 101 Å². The first-order valence-electron chi connectivity index (χ1n) is 4.67. The van der Waals surface area contributed by atoms with Gasteiger partial charge in [-0.3, -0.25) is 9.59 Å². The molecule has 0 unspecified atom stereocenters. The fraction of sp³-hybridized carbons (Fsp3) is 0.500. The van der Waals surface area contributed by atoms with E-state index in [4.69, 9.17) is 10.2 Å². The van der Waals surface area contributed by atoms with Crippen molar-refractivity contribution in [1.29, 1.82) is 0 Å². The molecule has 0 rings (SSSR count). The third kappa shape index (κ3) is 5.14. The molecule has 0 radical (unpaired) electrons. The lowest BCUT2D eigenvalue weighted by molar-refractivity contribution is -0.138. The van der Waals surface area contributed by atoms with Crippen molar-refractivity contribution in [3.05, 3.63) is 11.1 Å². The number of carboxylic acid groups (broad SMARTS) is 2. The Kier molecular flexibility index (Phi) is 5.84. The first kappa shape index (κ1) is 14.2. The van der Waals surface area contributed by atoms with Crippen molar-refractivity contribution in [3.8, 4) is 0 Å². The van der Waals surface area contributed by atoms with Crippen molar-refractivity contribution >= 4 is 17.9 Å². The summed E-state index contributed by atoms with van der Waals surface area (Å²) in [5.41, 5.74) is 0.102. The zero-order valence-electron chi connectivity index (χ0n) is 9.15.